The van der Waals surface area contributed by atoms with Crippen molar-refractivity contribution in [3.63, 3.8) is 0 Å². The van der Waals surface area contributed by atoms with Gasteiger partial charge in [-0.2, -0.15) is 0 Å². The molecule has 0 saturated carbocycles. The molecule has 0 aliphatic carbocycles. The molecule has 1 aliphatic rings. The lowest BCUT2D eigenvalue weighted by molar-refractivity contribution is -0.914. The molecule has 1 atom stereocenters. The molecule has 3 rings (SSSR count). The summed E-state index contributed by atoms with van der Waals surface area (Å²) in [6, 6.07) is 13.4. The van der Waals surface area contributed by atoms with Crippen LogP contribution in [0.2, 0.25) is 5.02 Å². The third-order valence-electron chi connectivity index (χ3n) is 5.04. The fourth-order valence-electron chi connectivity index (χ4n) is 3.32. The van der Waals surface area contributed by atoms with Crippen LogP contribution in [-0.2, 0) is 14.8 Å². The summed E-state index contributed by atoms with van der Waals surface area (Å²) in [6.07, 6.45) is 0. The van der Waals surface area contributed by atoms with Crippen molar-refractivity contribution < 1.29 is 18.1 Å². The second-order valence-corrected chi connectivity index (χ2v) is 8.90. The molecule has 7 nitrogen and oxygen atoms in total. The van der Waals surface area contributed by atoms with E-state index in [0.29, 0.717) is 10.7 Å². The summed E-state index contributed by atoms with van der Waals surface area (Å²) in [4.78, 5) is 16.1. The van der Waals surface area contributed by atoms with Gasteiger partial charge in [-0.05, 0) is 49.4 Å². The molecule has 0 unspecified atom stereocenters. The van der Waals surface area contributed by atoms with Gasteiger partial charge in [0.2, 0.25) is 10.0 Å². The highest BCUT2D eigenvalue weighted by Crippen LogP contribution is 2.19. The number of carbonyl (C=O) groups excluding carboxylic acids is 1. The quantitative estimate of drug-likeness (QED) is 0.660. The summed E-state index contributed by atoms with van der Waals surface area (Å²) in [6.45, 7) is 5.27. The molecule has 0 aromatic heterocycles. The Labute approximate surface area is 170 Å². The molecule has 0 bridgehead atoms. The average Bonchev–Trinajstić information content (AvgIpc) is 2.67. The lowest BCUT2D eigenvalue weighted by Gasteiger charge is -2.36. The van der Waals surface area contributed by atoms with Gasteiger partial charge in [0.25, 0.3) is 5.91 Å². The number of sulfonamides is 1. The third kappa shape index (κ3) is 5.02. The third-order valence-corrected chi connectivity index (χ3v) is 6.20. The number of amides is 1. The van der Waals surface area contributed by atoms with Gasteiger partial charge in [-0.3, -0.25) is 4.79 Å². The van der Waals surface area contributed by atoms with Crippen LogP contribution in [0.1, 0.15) is 6.92 Å². The molecule has 1 aliphatic heterocycles. The van der Waals surface area contributed by atoms with Gasteiger partial charge in [0, 0.05) is 16.4 Å². The minimum absolute atomic E-state index is 0.0151. The largest absolute Gasteiger partial charge is 0.360 e. The van der Waals surface area contributed by atoms with Crippen molar-refractivity contribution in [2.24, 2.45) is 5.14 Å². The topological polar surface area (TPSA) is 96.9 Å². The van der Waals surface area contributed by atoms with Crippen molar-refractivity contribution in [1.82, 2.24) is 0 Å². The summed E-state index contributed by atoms with van der Waals surface area (Å²) in [5.41, 5.74) is 1.64. The number of carbonyl (C=O) groups is 1. The number of rotatable bonds is 5. The second-order valence-electron chi connectivity index (χ2n) is 6.91. The van der Waals surface area contributed by atoms with Crippen LogP contribution in [0, 0.1) is 0 Å². The second kappa shape index (κ2) is 8.48. The Bertz CT molecular complexity index is 942. The SMILES string of the molecule is C[C@@H](C(=O)Nc1ccc(S(N)(=O)=O)cc1)[NH+]1CCN(c2cccc(Cl)c2)CC1. The number of nitrogens with zero attached hydrogens (tertiary/aromatic N) is 1. The van der Waals surface area contributed by atoms with Crippen molar-refractivity contribution in [3.8, 4) is 0 Å². The Hall–Kier alpha value is -2.13. The number of nitrogens with two attached hydrogens (primary N) is 1. The van der Waals surface area contributed by atoms with Crippen molar-refractivity contribution in [2.45, 2.75) is 17.9 Å². The summed E-state index contributed by atoms with van der Waals surface area (Å²) >= 11 is 6.07. The summed E-state index contributed by atoms with van der Waals surface area (Å²) in [5.74, 6) is -0.102. The Morgan fingerprint density at radius 1 is 1.18 bits per heavy atom. The van der Waals surface area contributed by atoms with Gasteiger partial charge in [0.05, 0.1) is 31.1 Å². The average molecular weight is 424 g/mol. The fourth-order valence-corrected chi connectivity index (χ4v) is 4.02. The van der Waals surface area contributed by atoms with Gasteiger partial charge in [-0.1, -0.05) is 17.7 Å². The number of piperazine rings is 1. The maximum atomic E-state index is 12.6. The summed E-state index contributed by atoms with van der Waals surface area (Å²) in [5, 5.41) is 8.64. The van der Waals surface area contributed by atoms with Crippen molar-refractivity contribution in [1.29, 1.82) is 0 Å². The number of quaternary nitrogens is 1. The fraction of sp³-hybridized carbons (Fsp3) is 0.316. The number of benzene rings is 2. The predicted molar refractivity (Wildman–Crippen MR) is 110 cm³/mol. The van der Waals surface area contributed by atoms with Gasteiger partial charge < -0.3 is 15.1 Å². The molecule has 0 radical (unpaired) electrons. The van der Waals surface area contributed by atoms with E-state index in [4.69, 9.17) is 16.7 Å². The Morgan fingerprint density at radius 3 is 2.39 bits per heavy atom. The van der Waals surface area contributed by atoms with Crippen LogP contribution in [0.5, 0.6) is 0 Å². The lowest BCUT2D eigenvalue weighted by atomic mass is 10.2. The molecular weight excluding hydrogens is 400 g/mol. The zero-order valence-electron chi connectivity index (χ0n) is 15.6. The number of nitrogens with one attached hydrogen (secondary N) is 2. The Morgan fingerprint density at radius 2 is 1.82 bits per heavy atom. The molecule has 9 heteroatoms. The predicted octanol–water partition coefficient (Wildman–Crippen LogP) is 0.720. The molecule has 1 fully saturated rings. The maximum absolute atomic E-state index is 12.6. The van der Waals surface area contributed by atoms with E-state index in [1.807, 2.05) is 31.2 Å². The van der Waals surface area contributed by atoms with Crippen LogP contribution in [0.3, 0.4) is 0 Å². The van der Waals surface area contributed by atoms with Gasteiger partial charge in [0.1, 0.15) is 0 Å². The van der Waals surface area contributed by atoms with Gasteiger partial charge in [-0.25, -0.2) is 13.6 Å². The molecule has 1 saturated heterocycles. The van der Waals surface area contributed by atoms with E-state index < -0.39 is 10.0 Å². The lowest BCUT2D eigenvalue weighted by Crippen LogP contribution is -3.19. The van der Waals surface area contributed by atoms with Crippen LogP contribution in [0.15, 0.2) is 53.4 Å². The molecule has 2 aromatic rings. The van der Waals surface area contributed by atoms with E-state index in [2.05, 4.69) is 10.2 Å². The highest BCUT2D eigenvalue weighted by Gasteiger charge is 2.29. The minimum Gasteiger partial charge on any atom is -0.360 e. The van der Waals surface area contributed by atoms with E-state index in [1.165, 1.54) is 29.2 Å². The van der Waals surface area contributed by atoms with Crippen molar-refractivity contribution >= 4 is 38.9 Å². The first-order valence-corrected chi connectivity index (χ1v) is 11.0. The standard InChI is InChI=1S/C19H23ClN4O3S/c1-14(19(25)22-16-5-7-18(8-6-16)28(21,26)27)23-9-11-24(12-10-23)17-4-2-3-15(20)13-17/h2-8,13-14H,9-12H2,1H3,(H,22,25)(H2,21,26,27)/p+1/t14-/m0/s1. The van der Waals surface area contributed by atoms with Crippen LogP contribution in [-0.4, -0.2) is 46.5 Å². The Balaban J connectivity index is 1.56. The molecule has 28 heavy (non-hydrogen) atoms. The van der Waals surface area contributed by atoms with Gasteiger partial charge in [-0.15, -0.1) is 0 Å². The summed E-state index contributed by atoms with van der Waals surface area (Å²) < 4.78 is 22.6. The normalized spacial score (nSPS) is 16.6. The molecular formula is C19H24ClN4O3S+. The molecule has 4 N–H and O–H groups in total. The van der Waals surface area contributed by atoms with E-state index in [1.54, 1.807) is 0 Å². The highest BCUT2D eigenvalue weighted by atomic mass is 35.5. The number of anilines is 2. The number of hydrogen-bond acceptors (Lipinski definition) is 4. The zero-order chi connectivity index (χ0) is 20.3. The van der Waals surface area contributed by atoms with Crippen LogP contribution in [0.25, 0.3) is 0 Å². The van der Waals surface area contributed by atoms with Gasteiger partial charge in [0.15, 0.2) is 6.04 Å². The first-order valence-electron chi connectivity index (χ1n) is 9.03. The summed E-state index contributed by atoms with van der Waals surface area (Å²) in [7, 11) is -3.74. The van der Waals surface area contributed by atoms with Gasteiger partial charge >= 0.3 is 0 Å². The molecule has 1 amide bonds. The van der Waals surface area contributed by atoms with Crippen molar-refractivity contribution in [2.75, 3.05) is 36.4 Å². The van der Waals surface area contributed by atoms with E-state index in [-0.39, 0.29) is 16.8 Å². The highest BCUT2D eigenvalue weighted by molar-refractivity contribution is 7.89. The van der Waals surface area contributed by atoms with E-state index in [9.17, 15) is 13.2 Å². The minimum atomic E-state index is -3.74. The van der Waals surface area contributed by atoms with Crippen LogP contribution in [0.4, 0.5) is 11.4 Å². The maximum Gasteiger partial charge on any atom is 0.282 e. The first-order chi connectivity index (χ1) is 13.2. The van der Waals surface area contributed by atoms with Crippen molar-refractivity contribution in [3.05, 3.63) is 53.6 Å². The number of primary sulfonamides is 1. The zero-order valence-corrected chi connectivity index (χ0v) is 17.1. The number of hydrogen-bond donors (Lipinski definition) is 3. The number of halogens is 1. The molecule has 2 aromatic carbocycles. The molecule has 0 spiro atoms. The monoisotopic (exact) mass is 423 g/mol. The first kappa shape index (κ1) is 20.6. The smallest absolute Gasteiger partial charge is 0.282 e. The van der Waals surface area contributed by atoms with E-state index >= 15 is 0 Å². The Kier molecular flexibility index (Phi) is 6.24. The van der Waals surface area contributed by atoms with E-state index in [0.717, 1.165) is 31.9 Å². The molecule has 1 heterocycles. The van der Waals surface area contributed by atoms with Crippen LogP contribution < -0.4 is 20.3 Å². The van der Waals surface area contributed by atoms with Crippen LogP contribution >= 0.6 is 11.6 Å². The molecule has 150 valence electrons.